The number of rotatable bonds is 4. The van der Waals surface area contributed by atoms with E-state index in [-0.39, 0.29) is 12.6 Å². The van der Waals surface area contributed by atoms with Gasteiger partial charge in [0.1, 0.15) is 17.0 Å². The van der Waals surface area contributed by atoms with Crippen LogP contribution in [0.3, 0.4) is 0 Å². The van der Waals surface area contributed by atoms with Crippen molar-refractivity contribution in [2.75, 3.05) is 23.7 Å². The second kappa shape index (κ2) is 15.4. The van der Waals surface area contributed by atoms with Gasteiger partial charge in [-0.15, -0.1) is 4.99 Å². The van der Waals surface area contributed by atoms with E-state index < -0.39 is 35.2 Å². The molecule has 0 radical (unpaired) electrons. The van der Waals surface area contributed by atoms with Crippen LogP contribution in [0.2, 0.25) is 5.02 Å². The number of imidazole rings is 1. The molecule has 12 nitrogen and oxygen atoms in total. The molecule has 3 heterocycles. The summed E-state index contributed by atoms with van der Waals surface area (Å²) in [6.45, 7) is 13.5. The van der Waals surface area contributed by atoms with Gasteiger partial charge in [0, 0.05) is 42.7 Å². The molecule has 0 atom stereocenters. The Labute approximate surface area is 312 Å². The molecule has 14 heteroatoms. The molecule has 0 saturated carbocycles. The summed E-state index contributed by atoms with van der Waals surface area (Å²) in [7, 11) is 0. The van der Waals surface area contributed by atoms with E-state index in [2.05, 4.69) is 9.89 Å². The first-order valence-electron chi connectivity index (χ1n) is 17.3. The number of fused-ring (bicyclic) bond motifs is 2. The third-order valence-corrected chi connectivity index (χ3v) is 8.67. The van der Waals surface area contributed by atoms with Crippen molar-refractivity contribution in [2.45, 2.75) is 85.1 Å². The normalized spacial score (nSPS) is 14.3. The molecular formula is C39H46ClFN6O6. The number of carboxylic acid groups (broad SMARTS) is 1. The summed E-state index contributed by atoms with van der Waals surface area (Å²) in [6.07, 6.45) is 1.82. The topological polar surface area (TPSA) is 146 Å². The van der Waals surface area contributed by atoms with Crippen molar-refractivity contribution < 1.29 is 33.4 Å². The van der Waals surface area contributed by atoms with E-state index in [4.69, 9.17) is 36.7 Å². The van der Waals surface area contributed by atoms with Gasteiger partial charge in [0.25, 0.3) is 5.97 Å². The van der Waals surface area contributed by atoms with E-state index in [1.165, 1.54) is 16.7 Å². The van der Waals surface area contributed by atoms with Crippen LogP contribution >= 0.6 is 11.6 Å². The molecule has 3 N–H and O–H groups in total. The van der Waals surface area contributed by atoms with Crippen LogP contribution in [0.1, 0.15) is 72.9 Å². The average molecular weight is 749 g/mol. The summed E-state index contributed by atoms with van der Waals surface area (Å²) in [4.78, 5) is 42.1. The van der Waals surface area contributed by atoms with Crippen molar-refractivity contribution in [2.24, 2.45) is 4.99 Å². The van der Waals surface area contributed by atoms with Gasteiger partial charge in [0.2, 0.25) is 5.62 Å². The molecule has 282 valence electrons. The minimum absolute atomic E-state index is 0.118. The van der Waals surface area contributed by atoms with Crippen LogP contribution in [0.15, 0.2) is 71.9 Å². The van der Waals surface area contributed by atoms with Crippen LogP contribution in [0.25, 0.3) is 21.9 Å². The molecule has 1 fully saturated rings. The number of aliphatic carboxylic acids is 1. The summed E-state index contributed by atoms with van der Waals surface area (Å²) in [5.74, 6) is -1.23. The Morgan fingerprint density at radius 2 is 1.58 bits per heavy atom. The molecular weight excluding hydrogens is 703 g/mol. The summed E-state index contributed by atoms with van der Waals surface area (Å²) < 4.78 is 31.6. The first-order chi connectivity index (χ1) is 24.8. The van der Waals surface area contributed by atoms with E-state index in [1.807, 2.05) is 60.2 Å². The fraction of sp³-hybridized carbons (Fsp3) is 0.385. The number of piperidine rings is 1. The molecule has 5 aromatic rings. The van der Waals surface area contributed by atoms with Crippen LogP contribution in [0.4, 0.5) is 25.4 Å². The quantitative estimate of drug-likeness (QED) is 0.174. The molecule has 0 spiro atoms. The molecule has 3 aromatic carbocycles. The van der Waals surface area contributed by atoms with Crippen molar-refractivity contribution in [3.8, 4) is 0 Å². The summed E-state index contributed by atoms with van der Waals surface area (Å²) in [5.41, 5.74) is 9.60. The number of carboxylic acids is 1. The predicted octanol–water partition coefficient (Wildman–Crippen LogP) is 8.37. The number of carbonyl (C=O) groups excluding carboxylic acids is 2. The maximum absolute atomic E-state index is 15.0. The third-order valence-electron chi connectivity index (χ3n) is 8.43. The van der Waals surface area contributed by atoms with Gasteiger partial charge in [-0.1, -0.05) is 23.7 Å². The number of hydrogen-bond acceptors (Lipinski definition) is 7. The number of benzene rings is 3. The van der Waals surface area contributed by atoms with Crippen LogP contribution < -0.4 is 16.3 Å². The molecule has 0 unspecified atom stereocenters. The van der Waals surface area contributed by atoms with Gasteiger partial charge in [-0.2, -0.15) is 0 Å². The number of hydrogen-bond donors (Lipinski definition) is 2. The van der Waals surface area contributed by atoms with Crippen molar-refractivity contribution >= 4 is 63.1 Å². The van der Waals surface area contributed by atoms with E-state index in [0.717, 1.165) is 23.6 Å². The van der Waals surface area contributed by atoms with E-state index in [1.54, 1.807) is 45.2 Å². The van der Waals surface area contributed by atoms with Crippen molar-refractivity contribution in [3.05, 3.63) is 88.9 Å². The summed E-state index contributed by atoms with van der Waals surface area (Å²) >= 11 is 6.30. The highest BCUT2D eigenvalue weighted by Crippen LogP contribution is 2.33. The monoisotopic (exact) mass is 748 g/mol. The van der Waals surface area contributed by atoms with Gasteiger partial charge in [0.15, 0.2) is 0 Å². The molecule has 53 heavy (non-hydrogen) atoms. The smallest absolute Gasteiger partial charge is 0.437 e. The van der Waals surface area contributed by atoms with Gasteiger partial charge >= 0.3 is 12.2 Å². The second-order valence-corrected chi connectivity index (χ2v) is 15.4. The summed E-state index contributed by atoms with van der Waals surface area (Å²) in [5, 5.41) is 8.86. The maximum Gasteiger partial charge on any atom is 0.437 e. The number of amides is 1. The number of carbonyl (C=O) groups is 3. The molecule has 1 aliphatic rings. The first-order valence-corrected chi connectivity index (χ1v) is 17.7. The van der Waals surface area contributed by atoms with Crippen molar-refractivity contribution in [3.63, 3.8) is 0 Å². The Hall–Kier alpha value is -5.30. The van der Waals surface area contributed by atoms with E-state index in [9.17, 15) is 14.0 Å². The molecule has 6 rings (SSSR count). The van der Waals surface area contributed by atoms with Gasteiger partial charge in [0.05, 0.1) is 34.5 Å². The minimum atomic E-state index is -0.833. The third kappa shape index (κ3) is 9.39. The molecule has 1 aliphatic heterocycles. The molecule has 1 saturated heterocycles. The fourth-order valence-corrected chi connectivity index (χ4v) is 6.59. The Bertz CT molecular complexity index is 2230. The lowest BCUT2D eigenvalue weighted by Crippen LogP contribution is -2.39. The highest BCUT2D eigenvalue weighted by molar-refractivity contribution is 6.31. The Kier molecular flexibility index (Phi) is 11.3. The van der Waals surface area contributed by atoms with Crippen molar-refractivity contribution in [1.82, 2.24) is 13.7 Å². The van der Waals surface area contributed by atoms with E-state index in [0.29, 0.717) is 58.8 Å². The Morgan fingerprint density at radius 1 is 0.925 bits per heavy atom. The number of aromatic nitrogens is 3. The van der Waals surface area contributed by atoms with Crippen molar-refractivity contribution in [1.29, 1.82) is 0 Å². The first kappa shape index (κ1) is 38.9. The van der Waals surface area contributed by atoms with Crippen LogP contribution in [0.5, 0.6) is 0 Å². The number of halogens is 2. The Balaban J connectivity index is 0.00000129. The van der Waals surface area contributed by atoms with Crippen LogP contribution in [-0.2, 0) is 20.8 Å². The fourth-order valence-electron chi connectivity index (χ4n) is 6.43. The molecule has 1 amide bonds. The zero-order valence-electron chi connectivity index (χ0n) is 31.0. The molecule has 2 aromatic heterocycles. The van der Waals surface area contributed by atoms with Gasteiger partial charge in [-0.3, -0.25) is 9.36 Å². The van der Waals surface area contributed by atoms with E-state index >= 15 is 0 Å². The number of ether oxygens (including phenoxy) is 2. The SMILES string of the molecule is CC(=O)O.CC(C)(C)OC(=O)/N=c1\n(Cc2cccc3c2ccn3C(=O)OC(C)(C)C)c2ccc(F)cc2n1C1CCN(c2cc(Cl)ccc2N)CC1. The number of nitrogens with two attached hydrogens (primary N) is 1. The largest absolute Gasteiger partial charge is 0.481 e. The lowest BCUT2D eigenvalue weighted by atomic mass is 10.0. The minimum Gasteiger partial charge on any atom is -0.481 e. The number of nitrogen functional groups attached to an aromatic ring is 1. The lowest BCUT2D eigenvalue weighted by molar-refractivity contribution is -0.134. The van der Waals surface area contributed by atoms with Gasteiger partial charge < -0.3 is 34.3 Å². The average Bonchev–Trinajstić information content (AvgIpc) is 3.60. The highest BCUT2D eigenvalue weighted by atomic mass is 35.5. The highest BCUT2D eigenvalue weighted by Gasteiger charge is 2.28. The zero-order valence-corrected chi connectivity index (χ0v) is 31.8. The Morgan fingerprint density at radius 3 is 2.23 bits per heavy atom. The second-order valence-electron chi connectivity index (χ2n) is 14.9. The number of anilines is 2. The van der Waals surface area contributed by atoms with Gasteiger partial charge in [-0.25, -0.2) is 14.0 Å². The van der Waals surface area contributed by atoms with Gasteiger partial charge in [-0.05, 0) is 108 Å². The maximum atomic E-state index is 15.0. The zero-order chi connectivity index (χ0) is 38.8. The summed E-state index contributed by atoms with van der Waals surface area (Å²) in [6, 6.07) is 17.5. The van der Waals surface area contributed by atoms with Crippen LogP contribution in [0, 0.1) is 5.82 Å². The molecule has 0 aliphatic carbocycles. The predicted molar refractivity (Wildman–Crippen MR) is 204 cm³/mol. The number of nitrogens with zero attached hydrogens (tertiary/aromatic N) is 5. The standard InChI is InChI=1S/C37H42ClFN6O4.C2H4O2/c1-36(2,3)48-34(46)41-33-44(22-23-8-7-9-29-27(23)16-19-43(29)35(47)49-37(4,5)6)30-13-11-25(39)21-32(30)45(33)26-14-17-42(18-15-26)31-20-24(38)10-12-28(31)40;1-2(3)4/h7-13,16,19-21,26H,14-15,17-18,22,40H2,1-6H3;1H3,(H,3,4)/b41-33+;. The molecule has 0 bridgehead atoms. The van der Waals surface area contributed by atoms with Crippen LogP contribution in [-0.4, -0.2) is 61.3 Å². The lowest BCUT2D eigenvalue weighted by Gasteiger charge is -2.35.